The fraction of sp³-hybridized carbons (Fsp3) is 0.353. The number of benzene rings is 1. The number of piperidine rings is 1. The predicted molar refractivity (Wildman–Crippen MR) is 82.6 cm³/mol. The van der Waals surface area contributed by atoms with Crippen LogP contribution in [0.3, 0.4) is 0 Å². The summed E-state index contributed by atoms with van der Waals surface area (Å²) in [5.41, 5.74) is 1.10. The van der Waals surface area contributed by atoms with Crippen molar-refractivity contribution in [1.29, 1.82) is 0 Å². The van der Waals surface area contributed by atoms with Gasteiger partial charge in [-0.25, -0.2) is 4.39 Å². The second-order valence-electron chi connectivity index (χ2n) is 5.84. The van der Waals surface area contributed by atoms with Gasteiger partial charge in [0.25, 0.3) is 5.91 Å². The zero-order chi connectivity index (χ0) is 16.4. The van der Waals surface area contributed by atoms with Crippen molar-refractivity contribution in [2.45, 2.75) is 12.8 Å². The van der Waals surface area contributed by atoms with Crippen LogP contribution in [0.25, 0.3) is 0 Å². The molecule has 0 saturated carbocycles. The summed E-state index contributed by atoms with van der Waals surface area (Å²) < 4.78 is 14.5. The topological polar surface area (TPSA) is 55.2 Å². The van der Waals surface area contributed by atoms with Crippen LogP contribution in [-0.2, 0) is 7.05 Å². The second-order valence-corrected chi connectivity index (χ2v) is 5.84. The normalized spacial score (nSPS) is 15.7. The molecule has 2 heterocycles. The molecule has 0 unspecified atom stereocenters. The van der Waals surface area contributed by atoms with Crippen LogP contribution in [0.2, 0.25) is 0 Å². The minimum absolute atomic E-state index is 0.0264. The first kappa shape index (κ1) is 15.4. The Morgan fingerprint density at radius 1 is 1.13 bits per heavy atom. The monoisotopic (exact) mass is 315 g/mol. The molecule has 3 rings (SSSR count). The number of rotatable bonds is 3. The van der Waals surface area contributed by atoms with Crippen molar-refractivity contribution in [3.8, 4) is 0 Å². The van der Waals surface area contributed by atoms with Crippen molar-refractivity contribution in [1.82, 2.24) is 14.7 Å². The maximum absolute atomic E-state index is 12.9. The molecule has 1 aliphatic rings. The van der Waals surface area contributed by atoms with Crippen LogP contribution < -0.4 is 0 Å². The number of ketones is 1. The molecule has 23 heavy (non-hydrogen) atoms. The van der Waals surface area contributed by atoms with E-state index in [-0.39, 0.29) is 23.4 Å². The average Bonchev–Trinajstić information content (AvgIpc) is 3.01. The van der Waals surface area contributed by atoms with E-state index in [1.807, 2.05) is 0 Å². The van der Waals surface area contributed by atoms with E-state index in [0.29, 0.717) is 37.1 Å². The Bertz CT molecular complexity index is 716. The molecule has 2 aromatic rings. The molecule has 0 bridgehead atoms. The third kappa shape index (κ3) is 3.31. The van der Waals surface area contributed by atoms with E-state index in [1.54, 1.807) is 29.0 Å². The van der Waals surface area contributed by atoms with Gasteiger partial charge in [-0.15, -0.1) is 0 Å². The van der Waals surface area contributed by atoms with Crippen LogP contribution in [0.4, 0.5) is 4.39 Å². The molecule has 1 saturated heterocycles. The highest BCUT2D eigenvalue weighted by Gasteiger charge is 2.28. The second kappa shape index (κ2) is 6.32. The number of aromatic nitrogens is 2. The first-order valence-corrected chi connectivity index (χ1v) is 7.62. The molecule has 0 aliphatic carbocycles. The summed E-state index contributed by atoms with van der Waals surface area (Å²) >= 11 is 0. The van der Waals surface area contributed by atoms with E-state index in [1.165, 1.54) is 24.3 Å². The van der Waals surface area contributed by atoms with E-state index in [2.05, 4.69) is 5.10 Å². The highest BCUT2D eigenvalue weighted by Crippen LogP contribution is 2.23. The van der Waals surface area contributed by atoms with Gasteiger partial charge in [-0.2, -0.15) is 5.10 Å². The number of likely N-dealkylation sites (tertiary alicyclic amines) is 1. The number of aryl methyl sites for hydroxylation is 1. The Hall–Kier alpha value is -2.50. The van der Waals surface area contributed by atoms with Gasteiger partial charge in [-0.05, 0) is 37.1 Å². The molecule has 6 heteroatoms. The lowest BCUT2D eigenvalue weighted by molar-refractivity contribution is 0.0650. The highest BCUT2D eigenvalue weighted by atomic mass is 19.1. The van der Waals surface area contributed by atoms with Crippen molar-refractivity contribution >= 4 is 11.7 Å². The maximum Gasteiger partial charge on any atom is 0.257 e. The number of hydrogen-bond donors (Lipinski definition) is 0. The summed E-state index contributed by atoms with van der Waals surface area (Å²) in [6.45, 7) is 1.09. The van der Waals surface area contributed by atoms with Gasteiger partial charge in [0.2, 0.25) is 0 Å². The number of carbonyl (C=O) groups excluding carboxylic acids is 2. The lowest BCUT2D eigenvalue weighted by Crippen LogP contribution is -2.40. The van der Waals surface area contributed by atoms with Gasteiger partial charge < -0.3 is 4.90 Å². The molecule has 5 nitrogen and oxygen atoms in total. The SMILES string of the molecule is Cn1cc(C(=O)N2CCC(C(=O)c3ccc(F)cc3)CC2)cn1. The summed E-state index contributed by atoms with van der Waals surface area (Å²) in [6, 6.07) is 5.64. The number of halogens is 1. The van der Waals surface area contributed by atoms with Gasteiger partial charge in [0.1, 0.15) is 5.82 Å². The highest BCUT2D eigenvalue weighted by molar-refractivity contribution is 5.98. The summed E-state index contributed by atoms with van der Waals surface area (Å²) in [4.78, 5) is 26.5. The fourth-order valence-corrected chi connectivity index (χ4v) is 2.91. The Balaban J connectivity index is 1.61. The van der Waals surface area contributed by atoms with Crippen molar-refractivity contribution in [2.24, 2.45) is 13.0 Å². The molecular formula is C17H18FN3O2. The van der Waals surface area contributed by atoms with Gasteiger partial charge in [-0.3, -0.25) is 14.3 Å². The Morgan fingerprint density at radius 2 is 1.78 bits per heavy atom. The van der Waals surface area contributed by atoms with Gasteiger partial charge in [0, 0.05) is 37.8 Å². The minimum Gasteiger partial charge on any atom is -0.339 e. The minimum atomic E-state index is -0.349. The zero-order valence-corrected chi connectivity index (χ0v) is 12.9. The number of nitrogens with zero attached hydrogens (tertiary/aromatic N) is 3. The van der Waals surface area contributed by atoms with Crippen LogP contribution in [0.5, 0.6) is 0 Å². The van der Waals surface area contributed by atoms with Gasteiger partial charge in [0.05, 0.1) is 11.8 Å². The number of hydrogen-bond acceptors (Lipinski definition) is 3. The zero-order valence-electron chi connectivity index (χ0n) is 12.9. The van der Waals surface area contributed by atoms with E-state index in [9.17, 15) is 14.0 Å². The lowest BCUT2D eigenvalue weighted by atomic mass is 9.88. The Kier molecular flexibility index (Phi) is 4.23. The molecule has 0 spiro atoms. The van der Waals surface area contributed by atoms with E-state index in [0.717, 1.165) is 0 Å². The number of Topliss-reactive ketones (excluding diaryl/α,β-unsaturated/α-hetero) is 1. The van der Waals surface area contributed by atoms with E-state index < -0.39 is 0 Å². The molecule has 1 fully saturated rings. The Morgan fingerprint density at radius 3 is 2.35 bits per heavy atom. The first-order chi connectivity index (χ1) is 11.0. The molecule has 120 valence electrons. The smallest absolute Gasteiger partial charge is 0.257 e. The van der Waals surface area contributed by atoms with Crippen molar-refractivity contribution in [3.05, 3.63) is 53.6 Å². The van der Waals surface area contributed by atoms with Crippen LogP contribution in [0.1, 0.15) is 33.6 Å². The van der Waals surface area contributed by atoms with Crippen LogP contribution in [0.15, 0.2) is 36.7 Å². The maximum atomic E-state index is 12.9. The number of amides is 1. The summed E-state index contributed by atoms with van der Waals surface area (Å²) in [5.74, 6) is -0.485. The largest absolute Gasteiger partial charge is 0.339 e. The number of carbonyl (C=O) groups is 2. The quantitative estimate of drug-likeness (QED) is 0.817. The molecule has 0 atom stereocenters. The summed E-state index contributed by atoms with van der Waals surface area (Å²) in [6.07, 6.45) is 4.50. The molecule has 1 aromatic heterocycles. The van der Waals surface area contributed by atoms with Crippen molar-refractivity contribution in [2.75, 3.05) is 13.1 Å². The van der Waals surface area contributed by atoms with Crippen LogP contribution in [-0.4, -0.2) is 39.5 Å². The van der Waals surface area contributed by atoms with E-state index in [4.69, 9.17) is 0 Å². The first-order valence-electron chi connectivity index (χ1n) is 7.62. The third-order valence-corrected chi connectivity index (χ3v) is 4.23. The van der Waals surface area contributed by atoms with Crippen LogP contribution in [0, 0.1) is 11.7 Å². The summed E-state index contributed by atoms with van der Waals surface area (Å²) in [5, 5.41) is 4.01. The van der Waals surface area contributed by atoms with Crippen LogP contribution >= 0.6 is 0 Å². The Labute approximate surface area is 133 Å². The van der Waals surface area contributed by atoms with E-state index >= 15 is 0 Å². The van der Waals surface area contributed by atoms with Crippen molar-refractivity contribution in [3.63, 3.8) is 0 Å². The molecule has 1 amide bonds. The van der Waals surface area contributed by atoms with Gasteiger partial charge in [-0.1, -0.05) is 0 Å². The standard InChI is InChI=1S/C17H18FN3O2/c1-20-11-14(10-19-20)17(23)21-8-6-13(7-9-21)16(22)12-2-4-15(18)5-3-12/h2-5,10-11,13H,6-9H2,1H3. The van der Waals surface area contributed by atoms with Crippen molar-refractivity contribution < 1.29 is 14.0 Å². The molecule has 1 aliphatic heterocycles. The molecular weight excluding hydrogens is 297 g/mol. The van der Waals surface area contributed by atoms with Gasteiger partial charge >= 0.3 is 0 Å². The fourth-order valence-electron chi connectivity index (χ4n) is 2.91. The average molecular weight is 315 g/mol. The molecule has 1 aromatic carbocycles. The molecule has 0 N–H and O–H groups in total. The van der Waals surface area contributed by atoms with Gasteiger partial charge in [0.15, 0.2) is 5.78 Å². The predicted octanol–water partition coefficient (Wildman–Crippen LogP) is 2.29. The third-order valence-electron chi connectivity index (χ3n) is 4.23. The molecule has 0 radical (unpaired) electrons. The summed E-state index contributed by atoms with van der Waals surface area (Å²) in [7, 11) is 1.77. The lowest BCUT2D eigenvalue weighted by Gasteiger charge is -2.31.